The number of hydrogen-bond donors (Lipinski definition) is 4. The molecule has 0 aromatic heterocycles. The molecule has 0 bridgehead atoms. The minimum atomic E-state index is -4.64. The highest BCUT2D eigenvalue weighted by Crippen LogP contribution is 2.25. The van der Waals surface area contributed by atoms with Crippen molar-refractivity contribution in [3.8, 4) is 0 Å². The molecule has 0 amide bonds. The van der Waals surface area contributed by atoms with Gasteiger partial charge in [0.2, 0.25) is 0 Å². The van der Waals surface area contributed by atoms with E-state index in [2.05, 4.69) is 11.8 Å². The zero-order valence-corrected chi connectivity index (χ0v) is 18.1. The first kappa shape index (κ1) is 31.6. The second-order valence-corrected chi connectivity index (χ2v) is 7.88. The lowest BCUT2D eigenvalue weighted by Crippen LogP contribution is -2.36. The Bertz CT molecular complexity index is 321. The summed E-state index contributed by atoms with van der Waals surface area (Å²) in [6.07, 6.45) is 17.3. The summed E-state index contributed by atoms with van der Waals surface area (Å²) in [5.41, 5.74) is 0. The fourth-order valence-corrected chi connectivity index (χ4v) is 3.00. The van der Waals surface area contributed by atoms with Crippen LogP contribution < -0.4 is 6.15 Å². The largest absolute Gasteiger partial charge is 0.466 e. The van der Waals surface area contributed by atoms with Crippen LogP contribution in [0.5, 0.6) is 0 Å². The van der Waals surface area contributed by atoms with Crippen LogP contribution in [0.25, 0.3) is 0 Å². The van der Waals surface area contributed by atoms with Gasteiger partial charge in [-0.2, -0.15) is 0 Å². The molecule has 1 aliphatic heterocycles. The molecule has 9 heteroatoms. The molecule has 6 N–H and O–H groups in total. The van der Waals surface area contributed by atoms with Gasteiger partial charge in [0.1, 0.15) is 0 Å². The predicted molar refractivity (Wildman–Crippen MR) is 110 cm³/mol. The van der Waals surface area contributed by atoms with Crippen LogP contribution in [-0.2, 0) is 9.30 Å². The van der Waals surface area contributed by atoms with Crippen molar-refractivity contribution in [3.63, 3.8) is 0 Å². The Morgan fingerprint density at radius 3 is 1.48 bits per heavy atom. The lowest BCUT2D eigenvalue weighted by molar-refractivity contribution is 0.0371. The number of phosphoric acid groups is 1. The van der Waals surface area contributed by atoms with Gasteiger partial charge in [-0.25, -0.2) is 4.57 Å². The van der Waals surface area contributed by atoms with Crippen molar-refractivity contribution in [2.45, 2.75) is 84.0 Å². The molecule has 0 unspecified atom stereocenters. The maximum absolute atomic E-state index is 8.88. The maximum atomic E-state index is 8.88. The zero-order chi connectivity index (χ0) is 18.8. The van der Waals surface area contributed by atoms with E-state index in [-0.39, 0.29) is 10.9 Å². The van der Waals surface area contributed by atoms with E-state index in [9.17, 15) is 0 Å². The topological polar surface area (TPSA) is 125 Å². The minimum Gasteiger partial charge on any atom is -0.379 e. The fourth-order valence-electron chi connectivity index (χ4n) is 3.00. The van der Waals surface area contributed by atoms with E-state index in [4.69, 9.17) is 24.0 Å². The highest BCUT2D eigenvalue weighted by Gasteiger charge is 2.08. The van der Waals surface area contributed by atoms with Gasteiger partial charge in [0.25, 0.3) is 0 Å². The van der Waals surface area contributed by atoms with Gasteiger partial charge in [-0.15, -0.1) is 0 Å². The third-order valence-corrected chi connectivity index (χ3v) is 4.43. The molecule has 27 heavy (non-hydrogen) atoms. The zero-order valence-electron chi connectivity index (χ0n) is 17.2. The summed E-state index contributed by atoms with van der Waals surface area (Å²) < 4.78 is 14.3. The summed E-state index contributed by atoms with van der Waals surface area (Å²) in [6.45, 7) is 7.77. The lowest BCUT2D eigenvalue weighted by atomic mass is 10.1. The first-order valence-corrected chi connectivity index (χ1v) is 11.6. The van der Waals surface area contributed by atoms with Gasteiger partial charge in [0.15, 0.2) is 0 Å². The molecule has 1 saturated heterocycles. The smallest absolute Gasteiger partial charge is 0.379 e. The Hall–Kier alpha value is -0.0800. The number of unbranched alkanes of at least 4 members (excludes halogenated alkanes) is 11. The van der Waals surface area contributed by atoms with E-state index in [0.29, 0.717) is 0 Å². The van der Waals surface area contributed by atoms with E-state index in [0.717, 1.165) is 26.3 Å². The summed E-state index contributed by atoms with van der Waals surface area (Å²) in [7, 11) is -4.64. The molecule has 1 fully saturated rings. The Morgan fingerprint density at radius 2 is 1.11 bits per heavy atom. The molecule has 1 heterocycles. The number of morpholine rings is 1. The lowest BCUT2D eigenvalue weighted by Gasteiger charge is -2.26. The van der Waals surface area contributed by atoms with E-state index in [1.54, 1.807) is 0 Å². The molecule has 0 spiro atoms. The average Bonchev–Trinajstić information content (AvgIpc) is 2.55. The molecule has 1 aliphatic rings. The highest BCUT2D eigenvalue weighted by molar-refractivity contribution is 7.45. The molecular formula is C18H44FN2O5P. The van der Waals surface area contributed by atoms with Crippen molar-refractivity contribution in [3.05, 3.63) is 0 Å². The first-order valence-electron chi connectivity index (χ1n) is 10.0. The van der Waals surface area contributed by atoms with Gasteiger partial charge >= 0.3 is 7.82 Å². The third-order valence-electron chi connectivity index (χ3n) is 4.43. The van der Waals surface area contributed by atoms with Gasteiger partial charge in [0, 0.05) is 13.1 Å². The monoisotopic (exact) mass is 418 g/mol. The summed E-state index contributed by atoms with van der Waals surface area (Å²) in [6, 6.07) is 0. The molecule has 0 atom stereocenters. The normalized spacial score (nSPS) is 14.5. The van der Waals surface area contributed by atoms with E-state index in [1.807, 2.05) is 0 Å². The standard InChI is InChI=1S/C18H37NO.FH.H3N.H3O4P/c1-2-3-4-5-6-7-8-9-10-11-12-13-14-19-15-17-20-18-16-19;;;1-5(2,3)4/h2-18H2,1H3;1H;1H3;(H3,1,2,3,4). The van der Waals surface area contributed by atoms with E-state index < -0.39 is 7.82 Å². The van der Waals surface area contributed by atoms with Crippen molar-refractivity contribution in [2.75, 3.05) is 32.8 Å². The first-order chi connectivity index (χ1) is 11.9. The number of nitrogens with zero attached hydrogens (tertiary/aromatic N) is 1. The molecule has 0 aromatic rings. The molecule has 0 saturated carbocycles. The van der Waals surface area contributed by atoms with Crippen LogP contribution in [0.3, 0.4) is 0 Å². The average molecular weight is 419 g/mol. The van der Waals surface area contributed by atoms with Gasteiger partial charge in [-0.3, -0.25) is 9.60 Å². The molecule has 0 aliphatic carbocycles. The van der Waals surface area contributed by atoms with Crippen molar-refractivity contribution in [1.82, 2.24) is 11.1 Å². The molecule has 1 rings (SSSR count). The number of ether oxygens (including phenoxy) is 1. The van der Waals surface area contributed by atoms with Gasteiger partial charge < -0.3 is 25.6 Å². The molecule has 0 radical (unpaired) electrons. The predicted octanol–water partition coefficient (Wildman–Crippen LogP) is 4.41. The SMILES string of the molecule is CCCCCCCCCCCCCCN1CCOCC1.F.N.O=P(O)(O)O. The number of halogens is 1. The Morgan fingerprint density at radius 1 is 0.778 bits per heavy atom. The quantitative estimate of drug-likeness (QED) is 0.258. The summed E-state index contributed by atoms with van der Waals surface area (Å²) >= 11 is 0. The second kappa shape index (κ2) is 22.2. The Kier molecular flexibility index (Phi) is 26.0. The van der Waals surface area contributed by atoms with Gasteiger partial charge in [-0.05, 0) is 13.0 Å². The van der Waals surface area contributed by atoms with Crippen molar-refractivity contribution in [1.29, 1.82) is 0 Å². The Labute approximate surface area is 165 Å². The molecule has 7 nitrogen and oxygen atoms in total. The van der Waals surface area contributed by atoms with E-state index in [1.165, 1.54) is 83.6 Å². The van der Waals surface area contributed by atoms with Crippen LogP contribution in [0.4, 0.5) is 4.70 Å². The number of hydrogen-bond acceptors (Lipinski definition) is 4. The van der Waals surface area contributed by atoms with Crippen LogP contribution in [0.2, 0.25) is 0 Å². The van der Waals surface area contributed by atoms with Crippen LogP contribution in [0.1, 0.15) is 84.0 Å². The van der Waals surface area contributed by atoms with Crippen molar-refractivity contribution < 1.29 is 28.7 Å². The van der Waals surface area contributed by atoms with Crippen LogP contribution in [-0.4, -0.2) is 52.4 Å². The van der Waals surface area contributed by atoms with Crippen LogP contribution >= 0.6 is 7.82 Å². The van der Waals surface area contributed by atoms with Crippen molar-refractivity contribution >= 4 is 7.82 Å². The molecule has 0 aromatic carbocycles. The number of rotatable bonds is 13. The fraction of sp³-hybridized carbons (Fsp3) is 1.00. The van der Waals surface area contributed by atoms with Gasteiger partial charge in [0.05, 0.1) is 13.2 Å². The third kappa shape index (κ3) is 30.9. The van der Waals surface area contributed by atoms with E-state index >= 15 is 0 Å². The maximum Gasteiger partial charge on any atom is 0.466 e. The summed E-state index contributed by atoms with van der Waals surface area (Å²) in [5.74, 6) is 0. The van der Waals surface area contributed by atoms with Crippen LogP contribution in [0.15, 0.2) is 0 Å². The molecule has 168 valence electrons. The summed E-state index contributed by atoms with van der Waals surface area (Å²) in [4.78, 5) is 24.1. The highest BCUT2D eigenvalue weighted by atomic mass is 31.2. The minimum absolute atomic E-state index is 0. The summed E-state index contributed by atoms with van der Waals surface area (Å²) in [5, 5.41) is 0. The Balaban J connectivity index is -0.000000729. The van der Waals surface area contributed by atoms with Crippen LogP contribution in [0, 0.1) is 0 Å². The van der Waals surface area contributed by atoms with Crippen molar-refractivity contribution in [2.24, 2.45) is 0 Å². The molecular weight excluding hydrogens is 374 g/mol. The second-order valence-electron chi connectivity index (χ2n) is 6.86. The van der Waals surface area contributed by atoms with Gasteiger partial charge in [-0.1, -0.05) is 77.6 Å².